The Bertz CT molecular complexity index is 1230. The zero-order chi connectivity index (χ0) is 20.4. The molecule has 2 heterocycles. The molecule has 2 aromatic carbocycles. The lowest BCUT2D eigenvalue weighted by Crippen LogP contribution is -2.21. The van der Waals surface area contributed by atoms with Gasteiger partial charge >= 0.3 is 0 Å². The Kier molecular flexibility index (Phi) is 5.71. The fraction of sp³-hybridized carbons (Fsp3) is 0.0952. The lowest BCUT2D eigenvalue weighted by atomic mass is 10.1. The molecule has 8 heteroatoms. The van der Waals surface area contributed by atoms with Crippen molar-refractivity contribution in [3.8, 4) is 11.4 Å². The molecule has 0 aliphatic heterocycles. The summed E-state index contributed by atoms with van der Waals surface area (Å²) in [5.41, 5.74) is 1.06. The molecular formula is C21H15ClN2O3S2. The van der Waals surface area contributed by atoms with E-state index in [1.165, 1.54) is 27.7 Å². The average Bonchev–Trinajstić information content (AvgIpc) is 3.22. The molecule has 0 fully saturated rings. The Morgan fingerprint density at radius 3 is 2.55 bits per heavy atom. The second-order valence-corrected chi connectivity index (χ2v) is 8.36. The van der Waals surface area contributed by atoms with Crippen molar-refractivity contribution in [2.75, 3.05) is 12.9 Å². The van der Waals surface area contributed by atoms with Crippen LogP contribution in [0.3, 0.4) is 0 Å². The highest BCUT2D eigenvalue weighted by molar-refractivity contribution is 7.99. The number of methoxy groups -OCH3 is 1. The second-order valence-electron chi connectivity index (χ2n) is 6.09. The summed E-state index contributed by atoms with van der Waals surface area (Å²) in [5, 5.41) is 3.43. The van der Waals surface area contributed by atoms with Gasteiger partial charge in [0, 0.05) is 10.6 Å². The second kappa shape index (κ2) is 8.41. The molecule has 4 rings (SSSR count). The summed E-state index contributed by atoms with van der Waals surface area (Å²) in [6, 6.07) is 15.7. The third-order valence-corrected chi connectivity index (χ3v) is 6.29. The lowest BCUT2D eigenvalue weighted by molar-refractivity contribution is 0.102. The average molecular weight is 443 g/mol. The van der Waals surface area contributed by atoms with Crippen LogP contribution in [0, 0.1) is 0 Å². The van der Waals surface area contributed by atoms with Crippen molar-refractivity contribution in [3.63, 3.8) is 0 Å². The number of Topliss-reactive ketones (excluding diaryl/α,β-unsaturated/α-hetero) is 1. The molecule has 0 saturated carbocycles. The van der Waals surface area contributed by atoms with Gasteiger partial charge in [-0.1, -0.05) is 23.4 Å². The van der Waals surface area contributed by atoms with Crippen LogP contribution >= 0.6 is 34.7 Å². The Morgan fingerprint density at radius 2 is 1.86 bits per heavy atom. The Labute approximate surface area is 179 Å². The molecule has 2 aromatic heterocycles. The van der Waals surface area contributed by atoms with Crippen molar-refractivity contribution in [2.45, 2.75) is 5.16 Å². The van der Waals surface area contributed by atoms with E-state index in [2.05, 4.69) is 4.98 Å². The normalized spacial score (nSPS) is 11.0. The summed E-state index contributed by atoms with van der Waals surface area (Å²) < 4.78 is 6.65. The third-order valence-electron chi connectivity index (χ3n) is 4.30. The third kappa shape index (κ3) is 4.07. The van der Waals surface area contributed by atoms with Crippen LogP contribution < -0.4 is 10.3 Å². The molecule has 29 heavy (non-hydrogen) atoms. The number of halogens is 1. The topological polar surface area (TPSA) is 61.2 Å². The fourth-order valence-electron chi connectivity index (χ4n) is 2.80. The zero-order valence-electron chi connectivity index (χ0n) is 15.3. The predicted molar refractivity (Wildman–Crippen MR) is 118 cm³/mol. The molecular weight excluding hydrogens is 428 g/mol. The van der Waals surface area contributed by atoms with Crippen LogP contribution in [0.4, 0.5) is 0 Å². The first-order valence-corrected chi connectivity index (χ1v) is 10.9. The van der Waals surface area contributed by atoms with Crippen molar-refractivity contribution in [1.82, 2.24) is 9.55 Å². The molecule has 0 bridgehead atoms. The first kappa shape index (κ1) is 19.7. The Hall–Kier alpha value is -2.61. The number of carbonyl (C=O) groups is 1. The van der Waals surface area contributed by atoms with E-state index in [-0.39, 0.29) is 17.1 Å². The minimum Gasteiger partial charge on any atom is -0.497 e. The summed E-state index contributed by atoms with van der Waals surface area (Å²) in [6.07, 6.45) is 0. The molecule has 0 unspecified atom stereocenters. The monoisotopic (exact) mass is 442 g/mol. The Morgan fingerprint density at radius 1 is 1.14 bits per heavy atom. The van der Waals surface area contributed by atoms with Crippen molar-refractivity contribution >= 4 is 50.7 Å². The van der Waals surface area contributed by atoms with Gasteiger partial charge in [-0.05, 0) is 60.0 Å². The van der Waals surface area contributed by atoms with E-state index < -0.39 is 0 Å². The summed E-state index contributed by atoms with van der Waals surface area (Å²) in [5.74, 6) is 0.792. The summed E-state index contributed by atoms with van der Waals surface area (Å²) in [6.45, 7) is 0. The number of fused-ring (bicyclic) bond motifs is 1. The molecule has 0 N–H and O–H groups in total. The van der Waals surface area contributed by atoms with Crippen LogP contribution in [-0.2, 0) is 0 Å². The number of carbonyl (C=O) groups excluding carboxylic acids is 1. The molecule has 0 spiro atoms. The lowest BCUT2D eigenvalue weighted by Gasteiger charge is -2.12. The summed E-state index contributed by atoms with van der Waals surface area (Å²) >= 11 is 8.62. The number of rotatable bonds is 6. The standard InChI is InChI=1S/C21H15ClN2O3S2/c1-27-16-8-2-13(3-9-16)18(25)12-29-21-23-19-17(10-11-28-19)20(26)24(21)15-6-4-14(22)5-7-15/h2-11H,12H2,1H3. The molecule has 0 aliphatic carbocycles. The smallest absolute Gasteiger partial charge is 0.267 e. The van der Waals surface area contributed by atoms with Gasteiger partial charge in [0.15, 0.2) is 10.9 Å². The number of hydrogen-bond acceptors (Lipinski definition) is 6. The molecule has 0 saturated heterocycles. The largest absolute Gasteiger partial charge is 0.497 e. The van der Waals surface area contributed by atoms with Crippen LogP contribution in [0.5, 0.6) is 5.75 Å². The predicted octanol–water partition coefficient (Wildman–Crippen LogP) is 5.08. The van der Waals surface area contributed by atoms with E-state index in [9.17, 15) is 9.59 Å². The minimum atomic E-state index is -0.169. The molecule has 146 valence electrons. The van der Waals surface area contributed by atoms with Gasteiger partial charge in [-0.2, -0.15) is 0 Å². The van der Waals surface area contributed by atoms with Crippen LogP contribution in [0.1, 0.15) is 10.4 Å². The first-order chi connectivity index (χ1) is 14.1. The van der Waals surface area contributed by atoms with Crippen molar-refractivity contribution in [2.24, 2.45) is 0 Å². The van der Waals surface area contributed by atoms with Gasteiger partial charge in [0.05, 0.1) is 23.9 Å². The van der Waals surface area contributed by atoms with Crippen LogP contribution in [0.2, 0.25) is 5.02 Å². The quantitative estimate of drug-likeness (QED) is 0.236. The zero-order valence-corrected chi connectivity index (χ0v) is 17.7. The van der Waals surface area contributed by atoms with Crippen molar-refractivity contribution < 1.29 is 9.53 Å². The van der Waals surface area contributed by atoms with E-state index >= 15 is 0 Å². The highest BCUT2D eigenvalue weighted by Crippen LogP contribution is 2.25. The van der Waals surface area contributed by atoms with Gasteiger partial charge < -0.3 is 4.74 Å². The maximum atomic E-state index is 13.1. The van der Waals surface area contributed by atoms with Gasteiger partial charge in [0.2, 0.25) is 0 Å². The van der Waals surface area contributed by atoms with Gasteiger partial charge in [0.1, 0.15) is 10.6 Å². The first-order valence-electron chi connectivity index (χ1n) is 8.63. The molecule has 0 aliphatic rings. The number of thioether (sulfide) groups is 1. The van der Waals surface area contributed by atoms with E-state index in [4.69, 9.17) is 16.3 Å². The minimum absolute atomic E-state index is 0.0548. The number of ether oxygens (including phenoxy) is 1. The number of benzene rings is 2. The van der Waals surface area contributed by atoms with Gasteiger partial charge in [-0.3, -0.25) is 14.2 Å². The van der Waals surface area contributed by atoms with Crippen LogP contribution in [0.25, 0.3) is 15.9 Å². The van der Waals surface area contributed by atoms with Crippen molar-refractivity contribution in [1.29, 1.82) is 0 Å². The highest BCUT2D eigenvalue weighted by Gasteiger charge is 2.16. The SMILES string of the molecule is COc1ccc(C(=O)CSc2nc3sccc3c(=O)n2-c2ccc(Cl)cc2)cc1. The van der Waals surface area contributed by atoms with E-state index in [0.29, 0.717) is 37.4 Å². The maximum Gasteiger partial charge on any atom is 0.267 e. The number of nitrogens with zero attached hydrogens (tertiary/aromatic N) is 2. The van der Waals surface area contributed by atoms with Gasteiger partial charge in [0.25, 0.3) is 5.56 Å². The summed E-state index contributed by atoms with van der Waals surface area (Å²) in [7, 11) is 1.58. The van der Waals surface area contributed by atoms with Crippen LogP contribution in [0.15, 0.2) is 69.9 Å². The van der Waals surface area contributed by atoms with Crippen molar-refractivity contribution in [3.05, 3.63) is 80.9 Å². The summed E-state index contributed by atoms with van der Waals surface area (Å²) in [4.78, 5) is 31.0. The molecule has 4 aromatic rings. The fourth-order valence-corrected chi connectivity index (χ4v) is 4.64. The molecule has 0 radical (unpaired) electrons. The molecule has 5 nitrogen and oxygen atoms in total. The highest BCUT2D eigenvalue weighted by atomic mass is 35.5. The van der Waals surface area contributed by atoms with E-state index in [0.717, 1.165) is 0 Å². The van der Waals surface area contributed by atoms with E-state index in [1.807, 2.05) is 5.38 Å². The van der Waals surface area contributed by atoms with Crippen LogP contribution in [-0.4, -0.2) is 28.2 Å². The number of hydrogen-bond donors (Lipinski definition) is 0. The number of ketones is 1. The van der Waals surface area contributed by atoms with E-state index in [1.54, 1.807) is 61.7 Å². The number of thiophene rings is 1. The maximum absolute atomic E-state index is 13.1. The Balaban J connectivity index is 1.68. The number of aromatic nitrogens is 2. The van der Waals surface area contributed by atoms with Gasteiger partial charge in [-0.15, -0.1) is 11.3 Å². The molecule has 0 amide bonds. The van der Waals surface area contributed by atoms with Gasteiger partial charge in [-0.25, -0.2) is 4.98 Å². The molecule has 0 atom stereocenters.